The number of rotatable bonds is 6. The van der Waals surface area contributed by atoms with Gasteiger partial charge in [-0.2, -0.15) is 4.31 Å². The molecule has 1 aliphatic heterocycles. The van der Waals surface area contributed by atoms with E-state index in [0.717, 1.165) is 16.6 Å². The topological polar surface area (TPSA) is 57.7 Å². The molecule has 1 saturated carbocycles. The fourth-order valence-corrected chi connectivity index (χ4v) is 7.14. The molecular formula is C18H27BrN2O3S2. The van der Waals surface area contributed by atoms with Crippen molar-refractivity contribution in [2.24, 2.45) is 11.8 Å². The second-order valence-corrected chi connectivity index (χ2v) is 12.3. The average molecular weight is 463 g/mol. The molecule has 2 heterocycles. The van der Waals surface area contributed by atoms with Crippen LogP contribution in [0.2, 0.25) is 0 Å². The number of thiophene rings is 1. The largest absolute Gasteiger partial charge is 0.337 e. The van der Waals surface area contributed by atoms with E-state index < -0.39 is 10.0 Å². The van der Waals surface area contributed by atoms with Crippen molar-refractivity contribution in [2.75, 3.05) is 13.1 Å². The maximum Gasteiger partial charge on any atom is 0.252 e. The molecule has 2 aliphatic rings. The summed E-state index contributed by atoms with van der Waals surface area (Å²) < 4.78 is 28.2. The van der Waals surface area contributed by atoms with E-state index in [1.54, 1.807) is 12.1 Å². The van der Waals surface area contributed by atoms with Crippen LogP contribution in [0.4, 0.5) is 0 Å². The van der Waals surface area contributed by atoms with E-state index in [4.69, 9.17) is 0 Å². The van der Waals surface area contributed by atoms with Gasteiger partial charge >= 0.3 is 0 Å². The van der Waals surface area contributed by atoms with E-state index >= 15 is 0 Å². The normalized spacial score (nSPS) is 21.1. The van der Waals surface area contributed by atoms with Crippen LogP contribution in [0.5, 0.6) is 0 Å². The van der Waals surface area contributed by atoms with Crippen LogP contribution in [0.3, 0.4) is 0 Å². The summed E-state index contributed by atoms with van der Waals surface area (Å²) in [5, 5.41) is 0. The zero-order chi connectivity index (χ0) is 19.1. The highest BCUT2D eigenvalue weighted by atomic mass is 79.9. The van der Waals surface area contributed by atoms with Crippen molar-refractivity contribution in [2.45, 2.75) is 62.7 Å². The molecule has 5 nitrogen and oxygen atoms in total. The van der Waals surface area contributed by atoms with Crippen molar-refractivity contribution in [3.05, 3.63) is 15.9 Å². The maximum absolute atomic E-state index is 13.1. The summed E-state index contributed by atoms with van der Waals surface area (Å²) in [6.07, 6.45) is 3.42. The molecule has 8 heteroatoms. The second-order valence-electron chi connectivity index (χ2n) is 7.70. The standard InChI is InChI=1S/C18H27BrN2O3S2/c1-12(2)13(3)21(15-4-5-15)18(22)14-8-10-20(11-9-14)26(23,24)17-7-6-16(19)25-17/h6-7,12-15H,4-5,8-11H2,1-3H3. The van der Waals surface area contributed by atoms with Crippen molar-refractivity contribution < 1.29 is 13.2 Å². The highest BCUT2D eigenvalue weighted by Gasteiger charge is 2.41. The number of hydrogen-bond acceptors (Lipinski definition) is 4. The Labute approximate surface area is 168 Å². The van der Waals surface area contributed by atoms with E-state index in [1.165, 1.54) is 15.6 Å². The second kappa shape index (κ2) is 7.89. The minimum Gasteiger partial charge on any atom is -0.337 e. The fourth-order valence-electron chi connectivity index (χ4n) is 3.50. The van der Waals surface area contributed by atoms with E-state index in [1.807, 2.05) is 0 Å². The molecule has 26 heavy (non-hydrogen) atoms. The first-order valence-corrected chi connectivity index (χ1v) is 12.3. The first kappa shape index (κ1) is 20.3. The van der Waals surface area contributed by atoms with Gasteiger partial charge in [-0.15, -0.1) is 11.3 Å². The minimum absolute atomic E-state index is 0.0571. The molecule has 0 aromatic carbocycles. The lowest BCUT2D eigenvalue weighted by atomic mass is 9.94. The minimum atomic E-state index is -3.45. The Kier molecular flexibility index (Phi) is 6.16. The van der Waals surface area contributed by atoms with Crippen LogP contribution in [0.15, 0.2) is 20.1 Å². The Balaban J connectivity index is 1.65. The number of carbonyl (C=O) groups is 1. The smallest absolute Gasteiger partial charge is 0.252 e. The van der Waals surface area contributed by atoms with Crippen LogP contribution in [0.25, 0.3) is 0 Å². The van der Waals surface area contributed by atoms with Crippen molar-refractivity contribution >= 4 is 43.2 Å². The molecule has 1 aliphatic carbocycles. The summed E-state index contributed by atoms with van der Waals surface area (Å²) in [4.78, 5) is 15.2. The average Bonchev–Trinajstić information content (AvgIpc) is 3.34. The van der Waals surface area contributed by atoms with Gasteiger partial charge in [-0.1, -0.05) is 13.8 Å². The predicted octanol–water partition coefficient (Wildman–Crippen LogP) is 3.95. The number of piperidine rings is 1. The lowest BCUT2D eigenvalue weighted by Crippen LogP contribution is -2.49. The van der Waals surface area contributed by atoms with Crippen LogP contribution in [0, 0.1) is 11.8 Å². The third kappa shape index (κ3) is 4.18. The molecule has 0 bridgehead atoms. The van der Waals surface area contributed by atoms with E-state index in [2.05, 4.69) is 41.6 Å². The van der Waals surface area contributed by atoms with Gasteiger partial charge in [-0.25, -0.2) is 8.42 Å². The van der Waals surface area contributed by atoms with Gasteiger partial charge in [-0.3, -0.25) is 4.79 Å². The lowest BCUT2D eigenvalue weighted by Gasteiger charge is -2.37. The van der Waals surface area contributed by atoms with Crippen molar-refractivity contribution in [3.63, 3.8) is 0 Å². The number of sulfonamides is 1. The number of amides is 1. The van der Waals surface area contributed by atoms with Crippen molar-refractivity contribution in [1.29, 1.82) is 0 Å². The number of hydrogen-bond donors (Lipinski definition) is 0. The van der Waals surface area contributed by atoms with Crippen LogP contribution in [0.1, 0.15) is 46.5 Å². The molecule has 1 saturated heterocycles. The Bertz CT molecular complexity index is 750. The first-order chi connectivity index (χ1) is 12.2. The van der Waals surface area contributed by atoms with Crippen LogP contribution < -0.4 is 0 Å². The van der Waals surface area contributed by atoms with Gasteiger partial charge < -0.3 is 4.90 Å². The van der Waals surface area contributed by atoms with Gasteiger partial charge in [-0.05, 0) is 66.6 Å². The van der Waals surface area contributed by atoms with Gasteiger partial charge in [0.15, 0.2) is 0 Å². The van der Waals surface area contributed by atoms with Gasteiger partial charge in [0, 0.05) is 31.1 Å². The number of halogens is 1. The van der Waals surface area contributed by atoms with Crippen LogP contribution in [-0.2, 0) is 14.8 Å². The molecule has 3 rings (SSSR count). The lowest BCUT2D eigenvalue weighted by molar-refractivity contribution is -0.140. The maximum atomic E-state index is 13.1. The van der Waals surface area contributed by atoms with E-state index in [0.29, 0.717) is 42.1 Å². The van der Waals surface area contributed by atoms with Crippen molar-refractivity contribution in [3.8, 4) is 0 Å². The van der Waals surface area contributed by atoms with E-state index in [9.17, 15) is 13.2 Å². The first-order valence-electron chi connectivity index (χ1n) is 9.29. The molecule has 0 spiro atoms. The zero-order valence-corrected chi connectivity index (χ0v) is 18.7. The fraction of sp³-hybridized carbons (Fsp3) is 0.722. The number of carbonyl (C=O) groups excluding carboxylic acids is 1. The van der Waals surface area contributed by atoms with Gasteiger partial charge in [0.05, 0.1) is 3.79 Å². The molecule has 1 atom stereocenters. The molecule has 146 valence electrons. The highest BCUT2D eigenvalue weighted by molar-refractivity contribution is 9.11. The summed E-state index contributed by atoms with van der Waals surface area (Å²) >= 11 is 4.55. The molecule has 0 radical (unpaired) electrons. The molecule has 1 aromatic rings. The third-order valence-corrected chi connectivity index (χ3v) is 9.53. The monoisotopic (exact) mass is 462 g/mol. The summed E-state index contributed by atoms with van der Waals surface area (Å²) in [6.45, 7) is 7.28. The van der Waals surface area contributed by atoms with Crippen LogP contribution in [-0.4, -0.2) is 48.7 Å². The quantitative estimate of drug-likeness (QED) is 0.642. The predicted molar refractivity (Wildman–Crippen MR) is 108 cm³/mol. The molecular weight excluding hydrogens is 436 g/mol. The Morgan fingerprint density at radius 3 is 2.27 bits per heavy atom. The summed E-state index contributed by atoms with van der Waals surface area (Å²) in [6, 6.07) is 4.03. The third-order valence-electron chi connectivity index (χ3n) is 5.54. The summed E-state index contributed by atoms with van der Waals surface area (Å²) in [5.74, 6) is 0.597. The zero-order valence-electron chi connectivity index (χ0n) is 15.5. The van der Waals surface area contributed by atoms with Gasteiger partial charge in [0.1, 0.15) is 4.21 Å². The number of nitrogens with zero attached hydrogens (tertiary/aromatic N) is 2. The molecule has 1 unspecified atom stereocenters. The Morgan fingerprint density at radius 2 is 1.81 bits per heavy atom. The molecule has 1 amide bonds. The molecule has 0 N–H and O–H groups in total. The van der Waals surface area contributed by atoms with E-state index in [-0.39, 0.29) is 17.9 Å². The van der Waals surface area contributed by atoms with Gasteiger partial charge in [0.25, 0.3) is 10.0 Å². The molecule has 2 fully saturated rings. The summed E-state index contributed by atoms with van der Waals surface area (Å²) in [5.41, 5.74) is 0. The molecule has 1 aromatic heterocycles. The highest BCUT2D eigenvalue weighted by Crippen LogP contribution is 2.35. The van der Waals surface area contributed by atoms with Gasteiger partial charge in [0.2, 0.25) is 5.91 Å². The Morgan fingerprint density at radius 1 is 1.19 bits per heavy atom. The SMILES string of the molecule is CC(C)C(C)N(C(=O)C1CCN(S(=O)(=O)c2ccc(Br)s2)CC1)C1CC1. The van der Waals surface area contributed by atoms with Crippen LogP contribution >= 0.6 is 27.3 Å². The van der Waals surface area contributed by atoms with Crippen molar-refractivity contribution in [1.82, 2.24) is 9.21 Å². The summed E-state index contributed by atoms with van der Waals surface area (Å²) in [7, 11) is -3.45. The Hall–Kier alpha value is -0.440.